The summed E-state index contributed by atoms with van der Waals surface area (Å²) in [5.74, 6) is 0.357. The van der Waals surface area contributed by atoms with Crippen LogP contribution >= 0.6 is 22.6 Å². The first-order valence-electron chi connectivity index (χ1n) is 11.2. The molecule has 0 unspecified atom stereocenters. The molecule has 4 aromatic rings. The minimum Gasteiger partial charge on any atom is -0.507 e. The molecule has 10 heteroatoms. The van der Waals surface area contributed by atoms with Crippen molar-refractivity contribution in [3.05, 3.63) is 103 Å². The largest absolute Gasteiger partial charge is 0.507 e. The van der Waals surface area contributed by atoms with E-state index in [4.69, 9.17) is 9.47 Å². The number of nitrogens with zero attached hydrogens (tertiary/aromatic N) is 2. The minimum absolute atomic E-state index is 0.0138. The Morgan fingerprint density at radius 3 is 2.46 bits per heavy atom. The van der Waals surface area contributed by atoms with Gasteiger partial charge in [0.25, 0.3) is 11.6 Å². The van der Waals surface area contributed by atoms with Crippen LogP contribution in [0.15, 0.2) is 77.9 Å². The van der Waals surface area contributed by atoms with Gasteiger partial charge in [0.05, 0.1) is 26.9 Å². The van der Waals surface area contributed by atoms with E-state index in [1.54, 1.807) is 30.3 Å². The fourth-order valence-electron chi connectivity index (χ4n) is 3.57. The van der Waals surface area contributed by atoms with Gasteiger partial charge in [0.2, 0.25) is 0 Å². The number of rotatable bonds is 9. The van der Waals surface area contributed by atoms with E-state index in [1.165, 1.54) is 18.3 Å². The smallest absolute Gasteiger partial charge is 0.275 e. The van der Waals surface area contributed by atoms with Crippen molar-refractivity contribution >= 4 is 51.2 Å². The van der Waals surface area contributed by atoms with Crippen LogP contribution in [0.3, 0.4) is 0 Å². The first kappa shape index (κ1) is 25.9. The molecule has 0 saturated carbocycles. The highest BCUT2D eigenvalue weighted by Crippen LogP contribution is 2.34. The maximum Gasteiger partial charge on any atom is 0.275 e. The van der Waals surface area contributed by atoms with Crippen molar-refractivity contribution in [1.29, 1.82) is 0 Å². The van der Waals surface area contributed by atoms with Crippen molar-refractivity contribution in [1.82, 2.24) is 5.43 Å². The molecule has 0 radical (unpaired) electrons. The lowest BCUT2D eigenvalue weighted by atomic mass is 10.1. The lowest BCUT2D eigenvalue weighted by molar-refractivity contribution is -0.384. The first-order chi connectivity index (χ1) is 17.9. The van der Waals surface area contributed by atoms with E-state index in [9.17, 15) is 20.0 Å². The normalized spacial score (nSPS) is 11.0. The molecule has 9 nitrogen and oxygen atoms in total. The number of hydrogen-bond acceptors (Lipinski definition) is 7. The van der Waals surface area contributed by atoms with Crippen LogP contribution in [-0.4, -0.2) is 28.8 Å². The van der Waals surface area contributed by atoms with Crippen LogP contribution < -0.4 is 14.9 Å². The van der Waals surface area contributed by atoms with Gasteiger partial charge in [0.1, 0.15) is 12.4 Å². The summed E-state index contributed by atoms with van der Waals surface area (Å²) in [5, 5.41) is 26.8. The topological polar surface area (TPSA) is 123 Å². The molecule has 37 heavy (non-hydrogen) atoms. The van der Waals surface area contributed by atoms with Crippen LogP contribution in [0.25, 0.3) is 10.8 Å². The molecule has 0 aliphatic heterocycles. The summed E-state index contributed by atoms with van der Waals surface area (Å²) in [6.07, 6.45) is 1.47. The van der Waals surface area contributed by atoms with Gasteiger partial charge in [-0.1, -0.05) is 24.3 Å². The molecule has 0 heterocycles. The van der Waals surface area contributed by atoms with Crippen molar-refractivity contribution in [2.24, 2.45) is 5.10 Å². The number of benzene rings is 4. The van der Waals surface area contributed by atoms with Crippen molar-refractivity contribution in [2.45, 2.75) is 13.5 Å². The maximum atomic E-state index is 12.6. The molecular formula is C27H22IN3O6. The number of nitro groups is 1. The van der Waals surface area contributed by atoms with E-state index >= 15 is 0 Å². The Labute approximate surface area is 226 Å². The number of phenolic OH excluding ortho intramolecular Hbond substituents is 1. The fourth-order valence-corrected chi connectivity index (χ4v) is 4.35. The van der Waals surface area contributed by atoms with E-state index in [0.29, 0.717) is 23.7 Å². The number of carbonyl (C=O) groups excluding carboxylic acids is 1. The molecule has 2 N–H and O–H groups in total. The summed E-state index contributed by atoms with van der Waals surface area (Å²) in [4.78, 5) is 23.0. The molecule has 188 valence electrons. The van der Waals surface area contributed by atoms with Gasteiger partial charge in [0.15, 0.2) is 11.5 Å². The number of nitro benzene ring substituents is 1. The van der Waals surface area contributed by atoms with Crippen molar-refractivity contribution in [3.8, 4) is 17.2 Å². The van der Waals surface area contributed by atoms with Crippen LogP contribution in [-0.2, 0) is 6.61 Å². The molecule has 0 fully saturated rings. The molecule has 4 rings (SSSR count). The van der Waals surface area contributed by atoms with Crippen LogP contribution in [0.5, 0.6) is 17.2 Å². The van der Waals surface area contributed by atoms with Crippen LogP contribution in [0, 0.1) is 13.7 Å². The quantitative estimate of drug-likeness (QED) is 0.107. The van der Waals surface area contributed by atoms with E-state index < -0.39 is 10.8 Å². The average Bonchev–Trinajstić information content (AvgIpc) is 2.88. The number of hydrogen-bond donors (Lipinski definition) is 2. The van der Waals surface area contributed by atoms with Gasteiger partial charge in [-0.3, -0.25) is 14.9 Å². The molecule has 0 spiro atoms. The molecule has 0 atom stereocenters. The highest BCUT2D eigenvalue weighted by Gasteiger charge is 2.14. The monoisotopic (exact) mass is 611 g/mol. The van der Waals surface area contributed by atoms with Gasteiger partial charge in [-0.05, 0) is 87.8 Å². The third-order valence-corrected chi connectivity index (χ3v) is 6.15. The number of ether oxygens (including phenoxy) is 2. The van der Waals surface area contributed by atoms with Crippen LogP contribution in [0.1, 0.15) is 28.4 Å². The number of hydrazone groups is 1. The standard InChI is InChI=1S/C27H22IN3O6/c1-2-36-25-12-18(11-23(28)26(25)37-16-17-7-9-21(10-8-17)31(34)35)15-29-30-27(33)22-13-19-5-3-4-6-20(19)14-24(22)32/h3-15,32H,2,16H2,1H3,(H,30,33). The van der Waals surface area contributed by atoms with Gasteiger partial charge in [-0.25, -0.2) is 5.43 Å². The number of halogens is 1. The fraction of sp³-hybridized carbons (Fsp3) is 0.111. The molecular weight excluding hydrogens is 589 g/mol. The zero-order valence-corrected chi connectivity index (χ0v) is 21.8. The summed E-state index contributed by atoms with van der Waals surface area (Å²) < 4.78 is 12.5. The zero-order chi connectivity index (χ0) is 26.4. The molecule has 0 aliphatic carbocycles. The van der Waals surface area contributed by atoms with E-state index in [-0.39, 0.29) is 23.6 Å². The van der Waals surface area contributed by atoms with E-state index in [0.717, 1.165) is 19.9 Å². The van der Waals surface area contributed by atoms with Gasteiger partial charge in [-0.2, -0.15) is 5.10 Å². The highest BCUT2D eigenvalue weighted by molar-refractivity contribution is 14.1. The number of phenols is 1. The molecule has 0 saturated heterocycles. The summed E-state index contributed by atoms with van der Waals surface area (Å²) in [6.45, 7) is 2.46. The second kappa shape index (κ2) is 11.7. The number of nitrogens with one attached hydrogen (secondary N) is 1. The molecule has 1 amide bonds. The summed E-state index contributed by atoms with van der Waals surface area (Å²) >= 11 is 2.12. The van der Waals surface area contributed by atoms with Gasteiger partial charge < -0.3 is 14.6 Å². The molecule has 0 aliphatic rings. The SMILES string of the molecule is CCOc1cc(C=NNC(=O)c2cc3ccccc3cc2O)cc(I)c1OCc1ccc([N+](=O)[O-])cc1. The minimum atomic E-state index is -0.540. The zero-order valence-electron chi connectivity index (χ0n) is 19.7. The first-order valence-corrected chi connectivity index (χ1v) is 12.3. The van der Waals surface area contributed by atoms with Crippen LogP contribution in [0.4, 0.5) is 5.69 Å². The predicted octanol–water partition coefficient (Wildman–Crippen LogP) is 5.80. The molecule has 0 aromatic heterocycles. The van der Waals surface area contributed by atoms with Crippen molar-refractivity contribution in [3.63, 3.8) is 0 Å². The lowest BCUT2D eigenvalue weighted by Crippen LogP contribution is -2.17. The van der Waals surface area contributed by atoms with Crippen molar-refractivity contribution < 1.29 is 24.3 Å². The average molecular weight is 611 g/mol. The van der Waals surface area contributed by atoms with E-state index in [2.05, 4.69) is 33.1 Å². The van der Waals surface area contributed by atoms with Gasteiger partial charge in [-0.15, -0.1) is 0 Å². The Balaban J connectivity index is 1.47. The second-order valence-corrected chi connectivity index (χ2v) is 9.05. The summed E-state index contributed by atoms with van der Waals surface area (Å²) in [5.41, 5.74) is 4.02. The number of aromatic hydroxyl groups is 1. The van der Waals surface area contributed by atoms with Gasteiger partial charge in [0, 0.05) is 12.1 Å². The number of fused-ring (bicyclic) bond motifs is 1. The number of non-ortho nitro benzene ring substituents is 1. The Hall–Kier alpha value is -4.19. The number of amides is 1. The summed E-state index contributed by atoms with van der Waals surface area (Å²) in [6, 6.07) is 20.3. The van der Waals surface area contributed by atoms with Crippen LogP contribution in [0.2, 0.25) is 0 Å². The predicted molar refractivity (Wildman–Crippen MR) is 148 cm³/mol. The second-order valence-electron chi connectivity index (χ2n) is 7.89. The highest BCUT2D eigenvalue weighted by atomic mass is 127. The Bertz CT molecular complexity index is 1490. The van der Waals surface area contributed by atoms with Crippen molar-refractivity contribution in [2.75, 3.05) is 6.61 Å². The third kappa shape index (κ3) is 6.33. The lowest BCUT2D eigenvalue weighted by Gasteiger charge is -2.14. The Morgan fingerprint density at radius 2 is 1.78 bits per heavy atom. The Kier molecular flexibility index (Phi) is 8.18. The molecule has 4 aromatic carbocycles. The Morgan fingerprint density at radius 1 is 1.08 bits per heavy atom. The summed E-state index contributed by atoms with van der Waals surface area (Å²) in [7, 11) is 0. The van der Waals surface area contributed by atoms with Gasteiger partial charge >= 0.3 is 0 Å². The molecule has 0 bridgehead atoms. The number of carbonyl (C=O) groups is 1. The van der Waals surface area contributed by atoms with E-state index in [1.807, 2.05) is 37.3 Å². The third-order valence-electron chi connectivity index (χ3n) is 5.35. The maximum absolute atomic E-state index is 12.6.